The number of pyridine rings is 1. The molecule has 0 saturated heterocycles. The fourth-order valence-electron chi connectivity index (χ4n) is 0.780. The first kappa shape index (κ1) is 8.73. The molecule has 1 rings (SSSR count). The molecule has 0 spiro atoms. The number of alkyl halides is 1. The Morgan fingerprint density at radius 3 is 2.92 bits per heavy atom. The predicted molar refractivity (Wildman–Crippen MR) is 44.9 cm³/mol. The summed E-state index contributed by atoms with van der Waals surface area (Å²) >= 11 is 5.46. The molecule has 0 atom stereocenters. The van der Waals surface area contributed by atoms with Crippen molar-refractivity contribution in [2.45, 2.75) is 5.88 Å². The molecule has 0 bridgehead atoms. The van der Waals surface area contributed by atoms with Gasteiger partial charge in [0.05, 0.1) is 10.8 Å². The normalized spacial score (nSPS) is 9.75. The average molecular weight is 188 g/mol. The quantitative estimate of drug-likeness (QED) is 0.430. The molecule has 0 radical (unpaired) electrons. The van der Waals surface area contributed by atoms with Crippen LogP contribution in [0.5, 0.6) is 0 Å². The van der Waals surface area contributed by atoms with Crippen molar-refractivity contribution in [3.05, 3.63) is 27.9 Å². The van der Waals surface area contributed by atoms with Crippen LogP contribution in [0, 0.1) is 10.1 Å². The van der Waals surface area contributed by atoms with Gasteiger partial charge in [0.25, 0.3) is 5.69 Å². The van der Waals surface area contributed by atoms with Gasteiger partial charge in [0.15, 0.2) is 0 Å². The molecule has 6 heteroatoms. The van der Waals surface area contributed by atoms with Crippen molar-refractivity contribution in [2.75, 3.05) is 5.73 Å². The van der Waals surface area contributed by atoms with E-state index in [2.05, 4.69) is 4.98 Å². The number of anilines is 1. The van der Waals surface area contributed by atoms with Gasteiger partial charge < -0.3 is 5.73 Å². The zero-order valence-electron chi connectivity index (χ0n) is 6.03. The molecule has 0 fully saturated rings. The molecule has 1 aromatic rings. The van der Waals surface area contributed by atoms with Crippen molar-refractivity contribution >= 4 is 23.1 Å². The topological polar surface area (TPSA) is 82.0 Å². The Hall–Kier alpha value is -1.36. The Balaban J connectivity index is 3.20. The van der Waals surface area contributed by atoms with Crippen LogP contribution in [0.2, 0.25) is 0 Å². The van der Waals surface area contributed by atoms with E-state index in [1.807, 2.05) is 0 Å². The van der Waals surface area contributed by atoms with E-state index in [0.29, 0.717) is 5.56 Å². The minimum absolute atomic E-state index is 0.0586. The van der Waals surface area contributed by atoms with E-state index >= 15 is 0 Å². The Labute approximate surface area is 73.3 Å². The molecule has 0 aliphatic carbocycles. The fourth-order valence-corrected chi connectivity index (χ4v) is 0.994. The average Bonchev–Trinajstić information content (AvgIpc) is 2.03. The second-order valence-electron chi connectivity index (χ2n) is 2.13. The second kappa shape index (κ2) is 3.36. The molecule has 0 aromatic carbocycles. The van der Waals surface area contributed by atoms with Gasteiger partial charge in [0.1, 0.15) is 12.0 Å². The lowest BCUT2D eigenvalue weighted by Gasteiger charge is -1.98. The second-order valence-corrected chi connectivity index (χ2v) is 2.40. The molecule has 12 heavy (non-hydrogen) atoms. The van der Waals surface area contributed by atoms with Crippen molar-refractivity contribution in [1.29, 1.82) is 0 Å². The van der Waals surface area contributed by atoms with Crippen LogP contribution in [0.15, 0.2) is 12.3 Å². The molecule has 0 aliphatic heterocycles. The Morgan fingerprint density at radius 1 is 1.75 bits per heavy atom. The molecule has 0 aliphatic rings. The molecule has 0 saturated carbocycles. The van der Waals surface area contributed by atoms with Crippen LogP contribution in [0.1, 0.15) is 5.56 Å². The van der Waals surface area contributed by atoms with Gasteiger partial charge in [-0.15, -0.1) is 11.6 Å². The largest absolute Gasteiger partial charge is 0.384 e. The third-order valence-corrected chi connectivity index (χ3v) is 1.62. The zero-order chi connectivity index (χ0) is 9.14. The molecule has 64 valence electrons. The molecular formula is C6H6ClN3O2. The standard InChI is InChI=1S/C6H6ClN3O2/c7-2-4-1-6(8)9-3-5(4)10(11)12/h1,3H,2H2,(H2,8,9). The summed E-state index contributed by atoms with van der Waals surface area (Å²) in [5.74, 6) is 0.291. The van der Waals surface area contributed by atoms with Crippen molar-refractivity contribution < 1.29 is 4.92 Å². The maximum Gasteiger partial charge on any atom is 0.292 e. The molecule has 5 nitrogen and oxygen atoms in total. The summed E-state index contributed by atoms with van der Waals surface area (Å²) < 4.78 is 0. The maximum absolute atomic E-state index is 10.4. The predicted octanol–water partition coefficient (Wildman–Crippen LogP) is 1.31. The number of aromatic nitrogens is 1. The van der Waals surface area contributed by atoms with Crippen LogP contribution in [0.3, 0.4) is 0 Å². The highest BCUT2D eigenvalue weighted by Crippen LogP contribution is 2.20. The van der Waals surface area contributed by atoms with Crippen molar-refractivity contribution in [1.82, 2.24) is 4.98 Å². The molecule has 2 N–H and O–H groups in total. The molecule has 1 heterocycles. The Morgan fingerprint density at radius 2 is 2.42 bits per heavy atom. The van der Waals surface area contributed by atoms with Crippen LogP contribution in [-0.2, 0) is 5.88 Å². The minimum atomic E-state index is -0.538. The molecule has 0 unspecified atom stereocenters. The summed E-state index contributed by atoms with van der Waals surface area (Å²) in [6.07, 6.45) is 1.10. The third-order valence-electron chi connectivity index (χ3n) is 1.33. The van der Waals surface area contributed by atoms with E-state index in [9.17, 15) is 10.1 Å². The van der Waals surface area contributed by atoms with Gasteiger partial charge in [-0.1, -0.05) is 0 Å². The summed E-state index contributed by atoms with van der Waals surface area (Å²) in [5, 5.41) is 10.4. The van der Waals surface area contributed by atoms with E-state index in [1.54, 1.807) is 0 Å². The van der Waals surface area contributed by atoms with Crippen LogP contribution in [-0.4, -0.2) is 9.91 Å². The summed E-state index contributed by atoms with van der Waals surface area (Å²) in [5.41, 5.74) is 5.60. The number of halogens is 1. The molecule has 1 aromatic heterocycles. The van der Waals surface area contributed by atoms with Gasteiger partial charge in [-0.2, -0.15) is 0 Å². The Kier molecular flexibility index (Phi) is 2.44. The van der Waals surface area contributed by atoms with E-state index in [-0.39, 0.29) is 17.4 Å². The lowest BCUT2D eigenvalue weighted by atomic mass is 10.2. The lowest BCUT2D eigenvalue weighted by molar-refractivity contribution is -0.385. The van der Waals surface area contributed by atoms with Gasteiger partial charge in [-0.25, -0.2) is 4.98 Å². The number of hydrogen-bond acceptors (Lipinski definition) is 4. The van der Waals surface area contributed by atoms with Crippen LogP contribution in [0.25, 0.3) is 0 Å². The number of hydrogen-bond donors (Lipinski definition) is 1. The first-order valence-corrected chi connectivity index (χ1v) is 3.63. The van der Waals surface area contributed by atoms with Gasteiger partial charge in [0.2, 0.25) is 0 Å². The number of nitrogens with zero attached hydrogens (tertiary/aromatic N) is 2. The minimum Gasteiger partial charge on any atom is -0.384 e. The van der Waals surface area contributed by atoms with Crippen molar-refractivity contribution in [3.8, 4) is 0 Å². The number of rotatable bonds is 2. The monoisotopic (exact) mass is 187 g/mol. The number of nitrogens with two attached hydrogens (primary N) is 1. The van der Waals surface area contributed by atoms with E-state index in [0.717, 1.165) is 6.20 Å². The maximum atomic E-state index is 10.4. The van der Waals surface area contributed by atoms with Gasteiger partial charge in [-0.3, -0.25) is 10.1 Å². The zero-order valence-corrected chi connectivity index (χ0v) is 6.78. The lowest BCUT2D eigenvalue weighted by Crippen LogP contribution is -1.97. The molecular weight excluding hydrogens is 182 g/mol. The highest BCUT2D eigenvalue weighted by molar-refractivity contribution is 6.17. The van der Waals surface area contributed by atoms with Gasteiger partial charge in [0, 0.05) is 5.56 Å². The van der Waals surface area contributed by atoms with Gasteiger partial charge >= 0.3 is 0 Å². The van der Waals surface area contributed by atoms with E-state index in [1.165, 1.54) is 6.07 Å². The number of nitrogen functional groups attached to an aromatic ring is 1. The third kappa shape index (κ3) is 1.62. The smallest absolute Gasteiger partial charge is 0.292 e. The SMILES string of the molecule is Nc1cc(CCl)c([N+](=O)[O-])cn1. The van der Waals surface area contributed by atoms with E-state index < -0.39 is 4.92 Å². The molecule has 0 amide bonds. The highest BCUT2D eigenvalue weighted by atomic mass is 35.5. The van der Waals surface area contributed by atoms with Crippen molar-refractivity contribution in [2.24, 2.45) is 0 Å². The summed E-state index contributed by atoms with van der Waals surface area (Å²) in [6.45, 7) is 0. The highest BCUT2D eigenvalue weighted by Gasteiger charge is 2.12. The summed E-state index contributed by atoms with van der Waals surface area (Å²) in [7, 11) is 0. The number of nitro groups is 1. The van der Waals surface area contributed by atoms with Crippen LogP contribution < -0.4 is 5.73 Å². The fraction of sp³-hybridized carbons (Fsp3) is 0.167. The summed E-state index contributed by atoms with van der Waals surface area (Å²) in [4.78, 5) is 13.4. The van der Waals surface area contributed by atoms with Crippen LogP contribution >= 0.6 is 11.6 Å². The summed E-state index contributed by atoms with van der Waals surface area (Å²) in [6, 6.07) is 1.39. The van der Waals surface area contributed by atoms with Gasteiger partial charge in [-0.05, 0) is 6.07 Å². The first-order valence-electron chi connectivity index (χ1n) is 3.10. The van der Waals surface area contributed by atoms with Crippen molar-refractivity contribution in [3.63, 3.8) is 0 Å². The van der Waals surface area contributed by atoms with Crippen LogP contribution in [0.4, 0.5) is 11.5 Å². The Bertz CT molecular complexity index is 316. The first-order chi connectivity index (χ1) is 5.65. The van der Waals surface area contributed by atoms with E-state index in [4.69, 9.17) is 17.3 Å².